The Morgan fingerprint density at radius 1 is 1.09 bits per heavy atom. The molecule has 3 N–H and O–H groups in total. The number of aromatic nitrogens is 2. The monoisotopic (exact) mass is 598 g/mol. The number of rotatable bonds is 7. The summed E-state index contributed by atoms with van der Waals surface area (Å²) in [6, 6.07) is 19.5. The SMILES string of the molecule is Cc1cc(C(=O)Nc2cccc3c2O[C@H](CN(C)C(=O)Nc2cccc4ccccc24)[C@H](C)CN([C@H](C)CO)C3=O)n(C)n1. The summed E-state index contributed by atoms with van der Waals surface area (Å²) in [4.78, 5) is 43.6. The molecule has 4 amide bonds. The Morgan fingerprint density at radius 2 is 1.80 bits per heavy atom. The molecule has 1 aliphatic heterocycles. The van der Waals surface area contributed by atoms with Crippen molar-refractivity contribution < 1.29 is 24.2 Å². The van der Waals surface area contributed by atoms with Crippen molar-refractivity contribution in [2.45, 2.75) is 32.9 Å². The number of nitrogens with one attached hydrogen (secondary N) is 2. The fraction of sp³-hybridized carbons (Fsp3) is 0.333. The van der Waals surface area contributed by atoms with Crippen LogP contribution in [0.5, 0.6) is 5.75 Å². The highest BCUT2D eigenvalue weighted by Gasteiger charge is 2.35. The molecule has 0 unspecified atom stereocenters. The number of hydrogen-bond acceptors (Lipinski definition) is 6. The van der Waals surface area contributed by atoms with Crippen molar-refractivity contribution in [3.63, 3.8) is 0 Å². The van der Waals surface area contributed by atoms with Crippen LogP contribution in [0.1, 0.15) is 40.4 Å². The number of likely N-dealkylation sites (N-methyl/N-ethyl adjacent to an activating group) is 1. The Kier molecular flexibility index (Phi) is 8.86. The van der Waals surface area contributed by atoms with E-state index in [9.17, 15) is 19.5 Å². The lowest BCUT2D eigenvalue weighted by Gasteiger charge is -2.38. The highest BCUT2D eigenvalue weighted by molar-refractivity contribution is 6.06. The van der Waals surface area contributed by atoms with E-state index < -0.39 is 18.1 Å². The predicted octanol–water partition coefficient (Wildman–Crippen LogP) is 4.52. The number of aliphatic hydroxyl groups is 1. The van der Waals surface area contributed by atoms with Gasteiger partial charge in [0, 0.05) is 31.9 Å². The van der Waals surface area contributed by atoms with Crippen LogP contribution in [-0.4, -0.2) is 81.4 Å². The molecule has 1 aliphatic rings. The number of ether oxygens (including phenoxy) is 1. The first kappa shape index (κ1) is 30.6. The topological polar surface area (TPSA) is 129 Å². The van der Waals surface area contributed by atoms with Gasteiger partial charge in [0.1, 0.15) is 11.8 Å². The van der Waals surface area contributed by atoms with Crippen LogP contribution in [0.3, 0.4) is 0 Å². The largest absolute Gasteiger partial charge is 0.485 e. The zero-order chi connectivity index (χ0) is 31.5. The van der Waals surface area contributed by atoms with Crippen LogP contribution < -0.4 is 15.4 Å². The fourth-order valence-corrected chi connectivity index (χ4v) is 5.47. The normalized spacial score (nSPS) is 17.2. The number of aryl methyl sites for hydroxylation is 2. The molecule has 0 saturated carbocycles. The van der Waals surface area contributed by atoms with E-state index in [0.717, 1.165) is 10.8 Å². The van der Waals surface area contributed by atoms with Crippen LogP contribution in [0.4, 0.5) is 16.2 Å². The summed E-state index contributed by atoms with van der Waals surface area (Å²) in [6.45, 7) is 5.79. The predicted molar refractivity (Wildman–Crippen MR) is 169 cm³/mol. The molecular formula is C33H38N6O5. The Bertz CT molecular complexity index is 1700. The van der Waals surface area contributed by atoms with Gasteiger partial charge in [-0.1, -0.05) is 49.4 Å². The highest BCUT2D eigenvalue weighted by Crippen LogP contribution is 2.35. The van der Waals surface area contributed by atoms with E-state index in [1.807, 2.05) is 49.4 Å². The van der Waals surface area contributed by atoms with Gasteiger partial charge in [0.25, 0.3) is 11.8 Å². The van der Waals surface area contributed by atoms with Gasteiger partial charge in [0.05, 0.1) is 41.8 Å². The van der Waals surface area contributed by atoms with Crippen LogP contribution in [-0.2, 0) is 7.05 Å². The number of carbonyl (C=O) groups excluding carboxylic acids is 3. The van der Waals surface area contributed by atoms with E-state index in [2.05, 4.69) is 15.7 Å². The number of urea groups is 1. The third kappa shape index (κ3) is 6.23. The number of anilines is 2. The fourth-order valence-electron chi connectivity index (χ4n) is 5.47. The Hall–Kier alpha value is -4.90. The summed E-state index contributed by atoms with van der Waals surface area (Å²) >= 11 is 0. The molecule has 2 heterocycles. The van der Waals surface area contributed by atoms with Crippen LogP contribution in [0.25, 0.3) is 10.8 Å². The highest BCUT2D eigenvalue weighted by atomic mass is 16.5. The minimum atomic E-state index is -0.560. The number of carbonyl (C=O) groups is 3. The second kappa shape index (κ2) is 12.8. The van der Waals surface area contributed by atoms with Gasteiger partial charge in [-0.25, -0.2) is 4.79 Å². The Balaban J connectivity index is 1.45. The van der Waals surface area contributed by atoms with Crippen LogP contribution in [0, 0.1) is 12.8 Å². The van der Waals surface area contributed by atoms with Crippen LogP contribution >= 0.6 is 0 Å². The van der Waals surface area contributed by atoms with Gasteiger partial charge in [-0.2, -0.15) is 5.10 Å². The first-order valence-electron chi connectivity index (χ1n) is 14.6. The van der Waals surface area contributed by atoms with Crippen LogP contribution in [0.15, 0.2) is 66.7 Å². The average molecular weight is 599 g/mol. The zero-order valence-electron chi connectivity index (χ0n) is 25.6. The quantitative estimate of drug-likeness (QED) is 0.287. The van der Waals surface area contributed by atoms with E-state index >= 15 is 0 Å². The second-order valence-corrected chi connectivity index (χ2v) is 11.4. The van der Waals surface area contributed by atoms with Crippen molar-refractivity contribution in [3.05, 3.63) is 83.7 Å². The lowest BCUT2D eigenvalue weighted by molar-refractivity contribution is 0.0372. The molecule has 0 fully saturated rings. The van der Waals surface area contributed by atoms with E-state index in [4.69, 9.17) is 4.74 Å². The summed E-state index contributed by atoms with van der Waals surface area (Å²) in [5, 5.41) is 22.1. The van der Waals surface area contributed by atoms with Crippen molar-refractivity contribution >= 4 is 40.0 Å². The summed E-state index contributed by atoms with van der Waals surface area (Å²) in [6.07, 6.45) is -0.560. The van der Waals surface area contributed by atoms with Crippen molar-refractivity contribution in [2.75, 3.05) is 37.4 Å². The number of fused-ring (bicyclic) bond motifs is 2. The molecule has 44 heavy (non-hydrogen) atoms. The minimum Gasteiger partial charge on any atom is -0.485 e. The van der Waals surface area contributed by atoms with Crippen LogP contribution in [0.2, 0.25) is 0 Å². The Morgan fingerprint density at radius 3 is 2.52 bits per heavy atom. The molecule has 1 aromatic heterocycles. The molecule has 0 spiro atoms. The Labute approximate surface area is 256 Å². The van der Waals surface area contributed by atoms with Gasteiger partial charge in [-0.15, -0.1) is 0 Å². The van der Waals surface area contributed by atoms with Crippen molar-refractivity contribution in [3.8, 4) is 5.75 Å². The van der Waals surface area contributed by atoms with Gasteiger partial charge in [0.2, 0.25) is 0 Å². The molecule has 3 atom stereocenters. The first-order chi connectivity index (χ1) is 21.1. The number of aliphatic hydroxyl groups excluding tert-OH is 1. The lowest BCUT2D eigenvalue weighted by Crippen LogP contribution is -2.50. The van der Waals surface area contributed by atoms with Gasteiger partial charge in [0.15, 0.2) is 5.75 Å². The molecule has 0 radical (unpaired) electrons. The molecule has 0 saturated heterocycles. The summed E-state index contributed by atoms with van der Waals surface area (Å²) in [5.41, 5.74) is 2.31. The molecular weight excluding hydrogens is 560 g/mol. The summed E-state index contributed by atoms with van der Waals surface area (Å²) in [7, 11) is 3.37. The maximum Gasteiger partial charge on any atom is 0.321 e. The third-order valence-corrected chi connectivity index (χ3v) is 8.01. The summed E-state index contributed by atoms with van der Waals surface area (Å²) < 4.78 is 8.05. The van der Waals surface area contributed by atoms with E-state index in [1.54, 1.807) is 62.0 Å². The minimum absolute atomic E-state index is 0.190. The molecule has 230 valence electrons. The number of amides is 4. The van der Waals surface area contributed by atoms with E-state index in [1.165, 1.54) is 4.68 Å². The number of para-hydroxylation sites is 1. The molecule has 11 nitrogen and oxygen atoms in total. The number of hydrogen-bond donors (Lipinski definition) is 3. The zero-order valence-corrected chi connectivity index (χ0v) is 25.6. The molecule has 0 bridgehead atoms. The molecule has 0 aliphatic carbocycles. The lowest BCUT2D eigenvalue weighted by atomic mass is 9.99. The second-order valence-electron chi connectivity index (χ2n) is 11.4. The number of nitrogens with zero attached hydrogens (tertiary/aromatic N) is 4. The van der Waals surface area contributed by atoms with E-state index in [-0.39, 0.29) is 42.3 Å². The van der Waals surface area contributed by atoms with Crippen molar-refractivity contribution in [2.24, 2.45) is 13.0 Å². The van der Waals surface area contributed by atoms with Crippen molar-refractivity contribution in [1.82, 2.24) is 19.6 Å². The molecule has 3 aromatic carbocycles. The van der Waals surface area contributed by atoms with Gasteiger partial charge < -0.3 is 30.3 Å². The third-order valence-electron chi connectivity index (χ3n) is 8.01. The molecule has 11 heteroatoms. The average Bonchev–Trinajstić information content (AvgIpc) is 3.36. The van der Waals surface area contributed by atoms with E-state index in [0.29, 0.717) is 29.3 Å². The standard InChI is InChI=1S/C33H38N6O5/c1-20-17-39(22(3)19-40)32(42)25-13-9-15-27(34-31(41)28-16-21(2)36-38(28)5)30(25)44-29(20)18-37(4)33(43)35-26-14-8-11-23-10-6-7-12-24(23)26/h6-16,20,22,29,40H,17-19H2,1-5H3,(H,34,41)(H,35,43)/t20-,22-,29-/m1/s1. The summed E-state index contributed by atoms with van der Waals surface area (Å²) in [5.74, 6) is -0.755. The van der Waals surface area contributed by atoms with Crippen molar-refractivity contribution in [1.29, 1.82) is 0 Å². The maximum atomic E-state index is 13.8. The van der Waals surface area contributed by atoms with Gasteiger partial charge >= 0.3 is 6.03 Å². The first-order valence-corrected chi connectivity index (χ1v) is 14.6. The molecule has 5 rings (SSSR count). The smallest absolute Gasteiger partial charge is 0.321 e. The maximum absolute atomic E-state index is 13.8. The molecule has 4 aromatic rings. The van der Waals surface area contributed by atoms with Gasteiger partial charge in [-0.3, -0.25) is 14.3 Å². The van der Waals surface area contributed by atoms with Gasteiger partial charge in [-0.05, 0) is 43.5 Å². The number of benzene rings is 3.